The summed E-state index contributed by atoms with van der Waals surface area (Å²) >= 11 is 0. The summed E-state index contributed by atoms with van der Waals surface area (Å²) in [5, 5.41) is 20.2. The third kappa shape index (κ3) is 3.44. The molecule has 4 heteroatoms. The summed E-state index contributed by atoms with van der Waals surface area (Å²) in [6, 6.07) is 0. The van der Waals surface area contributed by atoms with Crippen LogP contribution in [0.25, 0.3) is 0 Å². The number of rotatable bonds is 3. The van der Waals surface area contributed by atoms with Crippen molar-refractivity contribution in [1.82, 2.24) is 0 Å². The van der Waals surface area contributed by atoms with Crippen molar-refractivity contribution < 1.29 is 19.7 Å². The van der Waals surface area contributed by atoms with Crippen LogP contribution in [-0.2, 0) is 9.53 Å². The van der Waals surface area contributed by atoms with Gasteiger partial charge >= 0.3 is 5.97 Å². The fraction of sp³-hybridized carbons (Fsp3) is 0.722. The molecule has 0 aromatic rings. The fourth-order valence-electron chi connectivity index (χ4n) is 4.27. The molecule has 0 unspecified atom stereocenters. The number of aliphatic hydroxyl groups is 2. The van der Waals surface area contributed by atoms with Crippen molar-refractivity contribution in [1.29, 1.82) is 0 Å². The van der Waals surface area contributed by atoms with Crippen LogP contribution in [0, 0.1) is 17.8 Å². The third-order valence-electron chi connectivity index (χ3n) is 5.24. The van der Waals surface area contributed by atoms with Gasteiger partial charge in [-0.2, -0.15) is 0 Å². The highest BCUT2D eigenvalue weighted by atomic mass is 16.5. The minimum atomic E-state index is -0.561. The van der Waals surface area contributed by atoms with E-state index in [9.17, 15) is 15.0 Å². The van der Waals surface area contributed by atoms with E-state index in [0.717, 1.165) is 25.7 Å². The summed E-state index contributed by atoms with van der Waals surface area (Å²) < 4.78 is 5.33. The molecule has 0 spiro atoms. The van der Waals surface area contributed by atoms with E-state index < -0.39 is 6.10 Å². The zero-order valence-electron chi connectivity index (χ0n) is 13.1. The zero-order valence-corrected chi connectivity index (χ0v) is 13.1. The lowest BCUT2D eigenvalue weighted by molar-refractivity contribution is -0.160. The number of ether oxygens (including phenoxy) is 1. The number of allylic oxidation sites excluding steroid dienone is 3. The molecule has 2 aliphatic carbocycles. The molecule has 0 saturated carbocycles. The smallest absolute Gasteiger partial charge is 0.308 e. The summed E-state index contributed by atoms with van der Waals surface area (Å²) in [6.45, 7) is 2.15. The average molecular weight is 306 g/mol. The molecule has 0 aromatic heterocycles. The molecule has 1 heterocycles. The van der Waals surface area contributed by atoms with Crippen LogP contribution in [0.3, 0.4) is 0 Å². The minimum absolute atomic E-state index is 0.120. The van der Waals surface area contributed by atoms with E-state index >= 15 is 0 Å². The summed E-state index contributed by atoms with van der Waals surface area (Å²) in [5.41, 5.74) is 1.27. The third-order valence-corrected chi connectivity index (χ3v) is 5.24. The molecule has 3 aliphatic rings. The van der Waals surface area contributed by atoms with Gasteiger partial charge in [-0.05, 0) is 43.1 Å². The summed E-state index contributed by atoms with van der Waals surface area (Å²) in [6.07, 6.45) is 9.78. The number of hydrogen-bond donors (Lipinski definition) is 2. The summed E-state index contributed by atoms with van der Waals surface area (Å²) in [4.78, 5) is 11.4. The molecular weight excluding hydrogens is 280 g/mol. The first-order chi connectivity index (χ1) is 10.5. The normalized spacial score (nSPS) is 41.6. The number of esters is 1. The van der Waals surface area contributed by atoms with Crippen LogP contribution in [0.2, 0.25) is 0 Å². The van der Waals surface area contributed by atoms with Crippen LogP contribution in [0.5, 0.6) is 0 Å². The SMILES string of the molecule is C[C@H]1C=C2C=CC[C@H](CC[C@@H]3C[C@@H](O)CC(=O)O3)[C@H]2[C@@H](O)C1. The highest BCUT2D eigenvalue weighted by molar-refractivity contribution is 5.70. The molecule has 0 amide bonds. The Hall–Kier alpha value is -1.13. The molecule has 1 fully saturated rings. The first-order valence-corrected chi connectivity index (χ1v) is 8.46. The Bertz CT molecular complexity index is 481. The van der Waals surface area contributed by atoms with E-state index in [1.165, 1.54) is 5.57 Å². The number of carbonyl (C=O) groups excluding carboxylic acids is 1. The van der Waals surface area contributed by atoms with Crippen molar-refractivity contribution in [2.75, 3.05) is 0 Å². The molecule has 0 aromatic carbocycles. The van der Waals surface area contributed by atoms with Crippen LogP contribution >= 0.6 is 0 Å². The summed E-state index contributed by atoms with van der Waals surface area (Å²) in [7, 11) is 0. The zero-order chi connectivity index (χ0) is 15.7. The lowest BCUT2D eigenvalue weighted by Crippen LogP contribution is -2.37. The molecule has 1 saturated heterocycles. The molecule has 3 rings (SSSR count). The van der Waals surface area contributed by atoms with Crippen LogP contribution in [0.15, 0.2) is 23.8 Å². The van der Waals surface area contributed by atoms with Crippen molar-refractivity contribution in [2.24, 2.45) is 17.8 Å². The van der Waals surface area contributed by atoms with Gasteiger partial charge in [-0.15, -0.1) is 0 Å². The second-order valence-electron chi connectivity index (χ2n) is 7.15. The van der Waals surface area contributed by atoms with Gasteiger partial charge in [0, 0.05) is 12.3 Å². The van der Waals surface area contributed by atoms with Gasteiger partial charge in [0.1, 0.15) is 6.10 Å². The topological polar surface area (TPSA) is 66.8 Å². The molecular formula is C18H26O4. The maximum Gasteiger partial charge on any atom is 0.308 e. The molecule has 22 heavy (non-hydrogen) atoms. The molecule has 0 bridgehead atoms. The van der Waals surface area contributed by atoms with E-state index in [-0.39, 0.29) is 30.5 Å². The van der Waals surface area contributed by atoms with E-state index in [4.69, 9.17) is 4.74 Å². The Morgan fingerprint density at radius 3 is 2.86 bits per heavy atom. The summed E-state index contributed by atoms with van der Waals surface area (Å²) in [5.74, 6) is 0.750. The first-order valence-electron chi connectivity index (χ1n) is 8.46. The highest BCUT2D eigenvalue weighted by Crippen LogP contribution is 2.41. The van der Waals surface area contributed by atoms with Gasteiger partial charge in [-0.25, -0.2) is 0 Å². The lowest BCUT2D eigenvalue weighted by Gasteiger charge is -2.39. The number of fused-ring (bicyclic) bond motifs is 1. The largest absolute Gasteiger partial charge is 0.462 e. The van der Waals surface area contributed by atoms with E-state index in [1.54, 1.807) is 0 Å². The molecule has 6 atom stereocenters. The van der Waals surface area contributed by atoms with Gasteiger partial charge in [0.2, 0.25) is 0 Å². The minimum Gasteiger partial charge on any atom is -0.462 e. The predicted octanol–water partition coefficient (Wildman–Crippen LogP) is 2.35. The average Bonchev–Trinajstić information content (AvgIpc) is 2.43. The van der Waals surface area contributed by atoms with Gasteiger partial charge in [-0.1, -0.05) is 25.2 Å². The monoisotopic (exact) mass is 306 g/mol. The second kappa shape index (κ2) is 6.55. The Kier molecular flexibility index (Phi) is 4.69. The molecule has 0 radical (unpaired) electrons. The van der Waals surface area contributed by atoms with Crippen molar-refractivity contribution in [3.63, 3.8) is 0 Å². The standard InChI is InChI=1S/C18H26O4/c1-11-7-13-4-2-3-12(18(13)16(20)8-11)5-6-15-9-14(19)10-17(21)22-15/h2,4,7,11-12,14-16,18-20H,3,5-6,8-10H2,1H3/t11-,12+,14+,15+,16-,18+/m0/s1. The Balaban J connectivity index is 1.62. The second-order valence-corrected chi connectivity index (χ2v) is 7.15. The molecule has 2 N–H and O–H groups in total. The Labute approximate surface area is 131 Å². The van der Waals surface area contributed by atoms with Crippen LogP contribution < -0.4 is 0 Å². The van der Waals surface area contributed by atoms with Crippen LogP contribution in [0.4, 0.5) is 0 Å². The van der Waals surface area contributed by atoms with Crippen molar-refractivity contribution >= 4 is 5.97 Å². The van der Waals surface area contributed by atoms with Gasteiger partial charge in [-0.3, -0.25) is 4.79 Å². The van der Waals surface area contributed by atoms with Crippen LogP contribution in [0.1, 0.15) is 45.4 Å². The lowest BCUT2D eigenvalue weighted by atomic mass is 9.69. The predicted molar refractivity (Wildman–Crippen MR) is 83.0 cm³/mol. The van der Waals surface area contributed by atoms with Crippen molar-refractivity contribution in [3.8, 4) is 0 Å². The molecule has 122 valence electrons. The Morgan fingerprint density at radius 2 is 2.09 bits per heavy atom. The van der Waals surface area contributed by atoms with Gasteiger partial charge in [0.25, 0.3) is 0 Å². The number of hydrogen-bond acceptors (Lipinski definition) is 4. The first kappa shape index (κ1) is 15.8. The van der Waals surface area contributed by atoms with Gasteiger partial charge in [0.05, 0.1) is 18.6 Å². The number of aliphatic hydroxyl groups excluding tert-OH is 2. The molecule has 4 nitrogen and oxygen atoms in total. The van der Waals surface area contributed by atoms with Crippen molar-refractivity contribution in [3.05, 3.63) is 23.8 Å². The highest BCUT2D eigenvalue weighted by Gasteiger charge is 2.36. The van der Waals surface area contributed by atoms with Crippen molar-refractivity contribution in [2.45, 2.75) is 63.8 Å². The maximum atomic E-state index is 11.4. The van der Waals surface area contributed by atoms with Gasteiger partial charge in [0.15, 0.2) is 0 Å². The molecule has 1 aliphatic heterocycles. The van der Waals surface area contributed by atoms with E-state index in [1.807, 2.05) is 0 Å². The van der Waals surface area contributed by atoms with Crippen LogP contribution in [-0.4, -0.2) is 34.5 Å². The Morgan fingerprint density at radius 1 is 1.27 bits per heavy atom. The quantitative estimate of drug-likeness (QED) is 0.786. The van der Waals surface area contributed by atoms with E-state index in [0.29, 0.717) is 18.3 Å². The maximum absolute atomic E-state index is 11.4. The van der Waals surface area contributed by atoms with Gasteiger partial charge < -0.3 is 14.9 Å². The number of carbonyl (C=O) groups is 1. The van der Waals surface area contributed by atoms with E-state index in [2.05, 4.69) is 25.2 Å². The number of cyclic esters (lactones) is 1. The fourth-order valence-corrected chi connectivity index (χ4v) is 4.27.